The molecule has 0 spiro atoms. The number of rotatable bonds is 3. The Morgan fingerprint density at radius 3 is 2.53 bits per heavy atom. The van der Waals surface area contributed by atoms with E-state index >= 15 is 0 Å². The highest BCUT2D eigenvalue weighted by atomic mass is 32.2. The van der Waals surface area contributed by atoms with Crippen molar-refractivity contribution in [3.8, 4) is 0 Å². The fourth-order valence-corrected chi connectivity index (χ4v) is 2.21. The second kappa shape index (κ2) is 5.10. The van der Waals surface area contributed by atoms with Gasteiger partial charge in [0.25, 0.3) is 0 Å². The summed E-state index contributed by atoms with van der Waals surface area (Å²) in [6.45, 7) is 3.81. The zero-order chi connectivity index (χ0) is 12.3. The molecule has 0 unspecified atom stereocenters. The number of aromatic nitrogens is 2. The number of carbonyl (C=O) groups excluding carboxylic acids is 1. The molecule has 0 radical (unpaired) electrons. The van der Waals surface area contributed by atoms with Crippen LogP contribution in [0.5, 0.6) is 0 Å². The first-order chi connectivity index (χ1) is 8.19. The van der Waals surface area contributed by atoms with Crippen LogP contribution < -0.4 is 0 Å². The van der Waals surface area contributed by atoms with Gasteiger partial charge in [0, 0.05) is 27.4 Å². The number of carbonyl (C=O) groups is 1. The Kier molecular flexibility index (Phi) is 3.54. The molecule has 0 atom stereocenters. The van der Waals surface area contributed by atoms with Crippen LogP contribution in [-0.2, 0) is 0 Å². The van der Waals surface area contributed by atoms with Gasteiger partial charge in [-0.25, -0.2) is 4.98 Å². The number of hydrogen-bond donors (Lipinski definition) is 0. The molecule has 17 heavy (non-hydrogen) atoms. The van der Waals surface area contributed by atoms with Gasteiger partial charge in [-0.3, -0.25) is 9.78 Å². The third-order valence-corrected chi connectivity index (χ3v) is 3.29. The molecule has 0 aliphatic heterocycles. The number of hydrogen-bond acceptors (Lipinski definition) is 4. The van der Waals surface area contributed by atoms with Crippen molar-refractivity contribution in [1.82, 2.24) is 9.97 Å². The first-order valence-electron chi connectivity index (χ1n) is 5.22. The maximum Gasteiger partial charge on any atom is 0.169 e. The number of pyridine rings is 2. The SMILES string of the molecule is Cc1ccc(Sc2ccc(C)nc2C=O)cn1. The van der Waals surface area contributed by atoms with E-state index in [4.69, 9.17) is 0 Å². The van der Waals surface area contributed by atoms with Crippen molar-refractivity contribution in [3.63, 3.8) is 0 Å². The van der Waals surface area contributed by atoms with Crippen LogP contribution in [0.15, 0.2) is 40.3 Å². The van der Waals surface area contributed by atoms with Crippen molar-refractivity contribution in [1.29, 1.82) is 0 Å². The third-order valence-electron chi connectivity index (χ3n) is 2.25. The van der Waals surface area contributed by atoms with Crippen LogP contribution in [-0.4, -0.2) is 16.3 Å². The molecule has 4 heteroatoms. The average Bonchev–Trinajstić information content (AvgIpc) is 2.34. The lowest BCUT2D eigenvalue weighted by atomic mass is 10.3. The number of aldehydes is 1. The van der Waals surface area contributed by atoms with E-state index in [1.807, 2.05) is 38.1 Å². The van der Waals surface area contributed by atoms with Gasteiger partial charge in [0.1, 0.15) is 5.69 Å². The zero-order valence-electron chi connectivity index (χ0n) is 9.68. The Morgan fingerprint density at radius 1 is 1.12 bits per heavy atom. The smallest absolute Gasteiger partial charge is 0.169 e. The van der Waals surface area contributed by atoms with E-state index in [1.54, 1.807) is 6.20 Å². The topological polar surface area (TPSA) is 42.9 Å². The molecule has 0 aromatic carbocycles. The molecule has 2 aromatic rings. The van der Waals surface area contributed by atoms with Gasteiger partial charge in [-0.2, -0.15) is 0 Å². The van der Waals surface area contributed by atoms with E-state index in [0.717, 1.165) is 27.5 Å². The standard InChI is InChI=1S/C13H12N2OS/c1-9-3-5-11(7-14-9)17-13-6-4-10(2)15-12(13)8-16/h3-8H,1-2H3. The van der Waals surface area contributed by atoms with Gasteiger partial charge < -0.3 is 0 Å². The molecule has 0 saturated carbocycles. The molecule has 2 heterocycles. The molecule has 0 aliphatic carbocycles. The summed E-state index contributed by atoms with van der Waals surface area (Å²) in [7, 11) is 0. The fraction of sp³-hybridized carbons (Fsp3) is 0.154. The number of aryl methyl sites for hydroxylation is 2. The quantitative estimate of drug-likeness (QED) is 0.778. The second-order valence-corrected chi connectivity index (χ2v) is 4.81. The van der Waals surface area contributed by atoms with E-state index < -0.39 is 0 Å². The maximum atomic E-state index is 10.9. The molecule has 0 amide bonds. The summed E-state index contributed by atoms with van der Waals surface area (Å²) in [4.78, 5) is 21.2. The molecule has 2 rings (SSSR count). The minimum atomic E-state index is 0.482. The lowest BCUT2D eigenvalue weighted by molar-refractivity contribution is 0.111. The molecule has 86 valence electrons. The predicted molar refractivity (Wildman–Crippen MR) is 67.5 cm³/mol. The molecule has 3 nitrogen and oxygen atoms in total. The Balaban J connectivity index is 2.29. The van der Waals surface area contributed by atoms with Crippen LogP contribution in [0.25, 0.3) is 0 Å². The van der Waals surface area contributed by atoms with Crippen LogP contribution in [0.3, 0.4) is 0 Å². The Labute approximate surface area is 104 Å². The Hall–Kier alpha value is -1.68. The summed E-state index contributed by atoms with van der Waals surface area (Å²) in [6, 6.07) is 7.75. The van der Waals surface area contributed by atoms with Crippen LogP contribution in [0, 0.1) is 13.8 Å². The summed E-state index contributed by atoms with van der Waals surface area (Å²) in [5.74, 6) is 0. The normalized spacial score (nSPS) is 10.2. The minimum absolute atomic E-state index is 0.482. The fourth-order valence-electron chi connectivity index (χ4n) is 1.38. The van der Waals surface area contributed by atoms with Crippen molar-refractivity contribution < 1.29 is 4.79 Å². The van der Waals surface area contributed by atoms with Crippen LogP contribution in [0.2, 0.25) is 0 Å². The molecule has 2 aromatic heterocycles. The molecular formula is C13H12N2OS. The molecule has 0 N–H and O–H groups in total. The predicted octanol–water partition coefficient (Wildman–Crippen LogP) is 3.06. The van der Waals surface area contributed by atoms with E-state index in [9.17, 15) is 4.79 Å². The second-order valence-electron chi connectivity index (χ2n) is 3.69. The van der Waals surface area contributed by atoms with Crippen molar-refractivity contribution in [3.05, 3.63) is 47.5 Å². The first kappa shape index (κ1) is 11.8. The molecule has 0 saturated heterocycles. The van der Waals surface area contributed by atoms with Crippen molar-refractivity contribution in [2.24, 2.45) is 0 Å². The van der Waals surface area contributed by atoms with Gasteiger partial charge in [-0.15, -0.1) is 0 Å². The summed E-state index contributed by atoms with van der Waals surface area (Å²) >= 11 is 1.50. The zero-order valence-corrected chi connectivity index (χ0v) is 10.5. The average molecular weight is 244 g/mol. The van der Waals surface area contributed by atoms with Gasteiger partial charge in [0.2, 0.25) is 0 Å². The summed E-state index contributed by atoms with van der Waals surface area (Å²) < 4.78 is 0. The molecule has 0 bridgehead atoms. The maximum absolute atomic E-state index is 10.9. The molecular weight excluding hydrogens is 232 g/mol. The van der Waals surface area contributed by atoms with Crippen molar-refractivity contribution >= 4 is 18.0 Å². The van der Waals surface area contributed by atoms with Gasteiger partial charge in [0.05, 0.1) is 0 Å². The Morgan fingerprint density at radius 2 is 1.88 bits per heavy atom. The van der Waals surface area contributed by atoms with Gasteiger partial charge >= 0.3 is 0 Å². The van der Waals surface area contributed by atoms with Crippen molar-refractivity contribution in [2.75, 3.05) is 0 Å². The number of nitrogens with zero attached hydrogens (tertiary/aromatic N) is 2. The first-order valence-corrected chi connectivity index (χ1v) is 6.04. The van der Waals surface area contributed by atoms with E-state index in [0.29, 0.717) is 5.69 Å². The van der Waals surface area contributed by atoms with E-state index in [2.05, 4.69) is 9.97 Å². The van der Waals surface area contributed by atoms with Crippen LogP contribution in [0.1, 0.15) is 21.9 Å². The molecule has 0 fully saturated rings. The summed E-state index contributed by atoms with van der Waals surface area (Å²) in [5.41, 5.74) is 2.31. The van der Waals surface area contributed by atoms with Gasteiger partial charge in [-0.05, 0) is 38.1 Å². The molecule has 0 aliphatic rings. The highest BCUT2D eigenvalue weighted by molar-refractivity contribution is 7.99. The van der Waals surface area contributed by atoms with E-state index in [-0.39, 0.29) is 0 Å². The lowest BCUT2D eigenvalue weighted by Gasteiger charge is -2.04. The monoisotopic (exact) mass is 244 g/mol. The lowest BCUT2D eigenvalue weighted by Crippen LogP contribution is -1.93. The summed E-state index contributed by atoms with van der Waals surface area (Å²) in [6.07, 6.45) is 2.59. The highest BCUT2D eigenvalue weighted by Gasteiger charge is 2.05. The van der Waals surface area contributed by atoms with E-state index in [1.165, 1.54) is 11.8 Å². The van der Waals surface area contributed by atoms with Gasteiger partial charge in [0.15, 0.2) is 6.29 Å². The highest BCUT2D eigenvalue weighted by Crippen LogP contribution is 2.28. The summed E-state index contributed by atoms with van der Waals surface area (Å²) in [5, 5.41) is 0. The van der Waals surface area contributed by atoms with Crippen LogP contribution >= 0.6 is 11.8 Å². The third kappa shape index (κ3) is 2.91. The van der Waals surface area contributed by atoms with Gasteiger partial charge in [-0.1, -0.05) is 11.8 Å². The van der Waals surface area contributed by atoms with Crippen LogP contribution in [0.4, 0.5) is 0 Å². The minimum Gasteiger partial charge on any atom is -0.296 e. The Bertz CT molecular complexity index is 538. The van der Waals surface area contributed by atoms with Crippen molar-refractivity contribution in [2.45, 2.75) is 23.6 Å². The largest absolute Gasteiger partial charge is 0.296 e.